The number of carbonyl (C=O) groups excluding carboxylic acids is 1. The van der Waals surface area contributed by atoms with E-state index in [0.717, 1.165) is 12.8 Å². The summed E-state index contributed by atoms with van der Waals surface area (Å²) in [5.41, 5.74) is -1.37. The molecule has 3 heteroatoms. The first-order valence-electron chi connectivity index (χ1n) is 10.9. The van der Waals surface area contributed by atoms with Gasteiger partial charge in [0.05, 0.1) is 6.61 Å². The average molecular weight is 357 g/mol. The Morgan fingerprint density at radius 2 is 1.00 bits per heavy atom. The molecule has 0 radical (unpaired) electrons. The number of esters is 1. The molecule has 3 nitrogen and oxygen atoms in total. The number of ether oxygens (including phenoxy) is 1. The Kier molecular flexibility index (Phi) is 16.5. The number of aliphatic hydroxyl groups is 1. The summed E-state index contributed by atoms with van der Waals surface area (Å²) in [7, 11) is 0. The van der Waals surface area contributed by atoms with Gasteiger partial charge >= 0.3 is 5.97 Å². The lowest BCUT2D eigenvalue weighted by Gasteiger charge is -2.15. The number of rotatable bonds is 18. The molecular weight excluding hydrogens is 312 g/mol. The summed E-state index contributed by atoms with van der Waals surface area (Å²) in [6.45, 7) is 5.63. The van der Waals surface area contributed by atoms with E-state index >= 15 is 0 Å². The van der Waals surface area contributed by atoms with Gasteiger partial charge in [0.15, 0.2) is 5.60 Å². The van der Waals surface area contributed by atoms with Crippen molar-refractivity contribution in [2.45, 2.75) is 129 Å². The van der Waals surface area contributed by atoms with Gasteiger partial charge in [-0.25, -0.2) is 4.79 Å². The third-order valence-corrected chi connectivity index (χ3v) is 4.73. The summed E-state index contributed by atoms with van der Waals surface area (Å²) in [5.74, 6) is -0.520. The van der Waals surface area contributed by atoms with Crippen molar-refractivity contribution in [1.82, 2.24) is 0 Å². The van der Waals surface area contributed by atoms with E-state index in [2.05, 4.69) is 6.92 Å². The minimum Gasteiger partial charge on any atom is -0.464 e. The highest BCUT2D eigenvalue weighted by molar-refractivity contribution is 5.78. The minimum absolute atomic E-state index is 0.432. The van der Waals surface area contributed by atoms with E-state index in [1.807, 2.05) is 0 Å². The SMILES string of the molecule is CCCCCCCCCCCCCCCCCCOC(=O)C(C)(C)O. The number of hydrogen-bond acceptors (Lipinski definition) is 3. The van der Waals surface area contributed by atoms with Gasteiger partial charge in [-0.15, -0.1) is 0 Å². The summed E-state index contributed by atoms with van der Waals surface area (Å²) in [5, 5.41) is 9.45. The van der Waals surface area contributed by atoms with Crippen LogP contribution in [0.4, 0.5) is 0 Å². The molecule has 0 aromatic rings. The Morgan fingerprint density at radius 1 is 0.680 bits per heavy atom. The summed E-state index contributed by atoms with van der Waals surface area (Å²) >= 11 is 0. The first-order chi connectivity index (χ1) is 12.0. The molecule has 0 aliphatic heterocycles. The second kappa shape index (κ2) is 16.9. The third kappa shape index (κ3) is 18.0. The molecule has 150 valence electrons. The summed E-state index contributed by atoms with van der Waals surface area (Å²) < 4.78 is 5.04. The van der Waals surface area contributed by atoms with Crippen LogP contribution in [0.3, 0.4) is 0 Å². The second-order valence-electron chi connectivity index (χ2n) is 8.00. The maximum absolute atomic E-state index is 11.4. The smallest absolute Gasteiger partial charge is 0.337 e. The Balaban J connectivity index is 3.11. The normalized spacial score (nSPS) is 11.7. The van der Waals surface area contributed by atoms with Gasteiger partial charge in [-0.05, 0) is 20.3 Å². The lowest BCUT2D eigenvalue weighted by atomic mass is 10.0. The molecule has 0 aliphatic rings. The van der Waals surface area contributed by atoms with E-state index in [9.17, 15) is 9.90 Å². The van der Waals surface area contributed by atoms with Crippen LogP contribution >= 0.6 is 0 Å². The average Bonchev–Trinajstić information content (AvgIpc) is 2.56. The van der Waals surface area contributed by atoms with E-state index in [4.69, 9.17) is 4.74 Å². The zero-order chi connectivity index (χ0) is 18.8. The van der Waals surface area contributed by atoms with Gasteiger partial charge in [0.1, 0.15) is 0 Å². The van der Waals surface area contributed by atoms with Crippen LogP contribution in [0.1, 0.15) is 124 Å². The quantitative estimate of drug-likeness (QED) is 0.223. The molecule has 0 amide bonds. The lowest BCUT2D eigenvalue weighted by molar-refractivity contribution is -0.161. The molecule has 0 bridgehead atoms. The van der Waals surface area contributed by atoms with Crippen molar-refractivity contribution in [3.8, 4) is 0 Å². The lowest BCUT2D eigenvalue weighted by Crippen LogP contribution is -2.33. The van der Waals surface area contributed by atoms with Gasteiger partial charge in [-0.1, -0.05) is 103 Å². The predicted molar refractivity (Wildman–Crippen MR) is 107 cm³/mol. The number of carbonyl (C=O) groups is 1. The predicted octanol–water partition coefficient (Wildman–Crippen LogP) is 6.56. The molecule has 0 aromatic heterocycles. The van der Waals surface area contributed by atoms with Gasteiger partial charge in [-0.2, -0.15) is 0 Å². The van der Waals surface area contributed by atoms with E-state index in [1.165, 1.54) is 104 Å². The monoisotopic (exact) mass is 356 g/mol. The Hall–Kier alpha value is -0.570. The maximum atomic E-state index is 11.4. The summed E-state index contributed by atoms with van der Waals surface area (Å²) in [6.07, 6.45) is 21.3. The van der Waals surface area contributed by atoms with E-state index in [-0.39, 0.29) is 0 Å². The fraction of sp³-hybridized carbons (Fsp3) is 0.955. The summed E-state index contributed by atoms with van der Waals surface area (Å²) in [6, 6.07) is 0. The standard InChI is InChI=1S/C22H44O3/c1-4-5-6-7-8-9-10-11-12-13-14-15-16-17-18-19-20-25-21(23)22(2,3)24/h24H,4-20H2,1-3H3. The zero-order valence-corrected chi connectivity index (χ0v) is 17.3. The molecule has 0 atom stereocenters. The van der Waals surface area contributed by atoms with Gasteiger partial charge in [0.2, 0.25) is 0 Å². The molecular formula is C22H44O3. The van der Waals surface area contributed by atoms with Gasteiger partial charge in [0.25, 0.3) is 0 Å². The highest BCUT2D eigenvalue weighted by Gasteiger charge is 2.25. The van der Waals surface area contributed by atoms with E-state index in [1.54, 1.807) is 0 Å². The first-order valence-corrected chi connectivity index (χ1v) is 10.9. The third-order valence-electron chi connectivity index (χ3n) is 4.73. The van der Waals surface area contributed by atoms with Crippen LogP contribution in [0.15, 0.2) is 0 Å². The highest BCUT2D eigenvalue weighted by Crippen LogP contribution is 2.14. The van der Waals surface area contributed by atoms with Crippen molar-refractivity contribution < 1.29 is 14.6 Å². The van der Waals surface area contributed by atoms with Crippen molar-refractivity contribution in [1.29, 1.82) is 0 Å². The van der Waals surface area contributed by atoms with E-state index in [0.29, 0.717) is 6.61 Å². The van der Waals surface area contributed by atoms with Crippen LogP contribution in [0.2, 0.25) is 0 Å². The molecule has 25 heavy (non-hydrogen) atoms. The van der Waals surface area contributed by atoms with Crippen LogP contribution in [-0.4, -0.2) is 23.3 Å². The molecule has 0 aromatic carbocycles. The maximum Gasteiger partial charge on any atom is 0.337 e. The fourth-order valence-electron chi connectivity index (χ4n) is 2.99. The van der Waals surface area contributed by atoms with Gasteiger partial charge in [-0.3, -0.25) is 0 Å². The fourth-order valence-corrected chi connectivity index (χ4v) is 2.99. The molecule has 0 aliphatic carbocycles. The number of hydrogen-bond donors (Lipinski definition) is 1. The molecule has 0 heterocycles. The molecule has 0 saturated carbocycles. The molecule has 0 fully saturated rings. The Morgan fingerprint density at radius 3 is 1.32 bits per heavy atom. The zero-order valence-electron chi connectivity index (χ0n) is 17.3. The Labute approximate surface area is 156 Å². The van der Waals surface area contributed by atoms with Crippen LogP contribution < -0.4 is 0 Å². The van der Waals surface area contributed by atoms with Crippen molar-refractivity contribution in [3.05, 3.63) is 0 Å². The number of unbranched alkanes of at least 4 members (excludes halogenated alkanes) is 15. The largest absolute Gasteiger partial charge is 0.464 e. The van der Waals surface area contributed by atoms with Crippen LogP contribution in [0.25, 0.3) is 0 Å². The topological polar surface area (TPSA) is 46.5 Å². The molecule has 1 N–H and O–H groups in total. The highest BCUT2D eigenvalue weighted by atomic mass is 16.5. The van der Waals surface area contributed by atoms with Crippen LogP contribution in [0.5, 0.6) is 0 Å². The van der Waals surface area contributed by atoms with Gasteiger partial charge < -0.3 is 9.84 Å². The van der Waals surface area contributed by atoms with E-state index < -0.39 is 11.6 Å². The van der Waals surface area contributed by atoms with Crippen molar-refractivity contribution in [3.63, 3.8) is 0 Å². The second-order valence-corrected chi connectivity index (χ2v) is 8.00. The molecule has 0 rings (SSSR count). The van der Waals surface area contributed by atoms with Gasteiger partial charge in [0, 0.05) is 0 Å². The summed E-state index contributed by atoms with van der Waals surface area (Å²) in [4.78, 5) is 11.4. The minimum atomic E-state index is -1.37. The van der Waals surface area contributed by atoms with Crippen molar-refractivity contribution in [2.75, 3.05) is 6.61 Å². The first kappa shape index (κ1) is 24.4. The molecule has 0 saturated heterocycles. The van der Waals surface area contributed by atoms with Crippen molar-refractivity contribution in [2.24, 2.45) is 0 Å². The molecule has 0 spiro atoms. The van der Waals surface area contributed by atoms with Crippen LogP contribution in [-0.2, 0) is 9.53 Å². The Bertz CT molecular complexity index is 294. The molecule has 0 unspecified atom stereocenters. The van der Waals surface area contributed by atoms with Crippen LogP contribution in [0, 0.1) is 0 Å². The van der Waals surface area contributed by atoms with Crippen molar-refractivity contribution >= 4 is 5.97 Å².